The summed E-state index contributed by atoms with van der Waals surface area (Å²) in [6.45, 7) is 4.77. The van der Waals surface area contributed by atoms with E-state index in [0.29, 0.717) is 5.92 Å². The van der Waals surface area contributed by atoms with Crippen molar-refractivity contribution < 1.29 is 0 Å². The third-order valence-electron chi connectivity index (χ3n) is 3.78. The lowest BCUT2D eigenvalue weighted by Crippen LogP contribution is -2.38. The molecule has 1 heterocycles. The first kappa shape index (κ1) is 13.4. The Morgan fingerprint density at radius 3 is 2.67 bits per heavy atom. The Bertz CT molecular complexity index is 359. The maximum absolute atomic E-state index is 5.75. The second-order valence-corrected chi connectivity index (χ2v) is 5.61. The molecule has 1 fully saturated rings. The molecule has 18 heavy (non-hydrogen) atoms. The van der Waals surface area contributed by atoms with Crippen LogP contribution in [0.2, 0.25) is 0 Å². The van der Waals surface area contributed by atoms with Gasteiger partial charge in [0, 0.05) is 25.3 Å². The van der Waals surface area contributed by atoms with Crippen LogP contribution in [0.4, 0.5) is 5.69 Å². The Morgan fingerprint density at radius 2 is 2.00 bits per heavy atom. The molecule has 1 unspecified atom stereocenters. The molecule has 1 aromatic rings. The highest BCUT2D eigenvalue weighted by molar-refractivity contribution is 5.40. The summed E-state index contributed by atoms with van der Waals surface area (Å²) in [6, 6.07) is 8.42. The summed E-state index contributed by atoms with van der Waals surface area (Å²) >= 11 is 0. The average molecular weight is 247 g/mol. The Morgan fingerprint density at radius 1 is 1.28 bits per heavy atom. The van der Waals surface area contributed by atoms with E-state index in [2.05, 4.69) is 36.0 Å². The number of nitrogens with zero attached hydrogens (tertiary/aromatic N) is 2. The molecule has 2 rings (SSSR count). The third-order valence-corrected chi connectivity index (χ3v) is 3.78. The van der Waals surface area contributed by atoms with Gasteiger partial charge in [0.15, 0.2) is 0 Å². The maximum Gasteiger partial charge on any atom is 0.0314 e. The van der Waals surface area contributed by atoms with Crippen LogP contribution in [-0.4, -0.2) is 50.1 Å². The van der Waals surface area contributed by atoms with Gasteiger partial charge in [-0.15, -0.1) is 0 Å². The second-order valence-electron chi connectivity index (χ2n) is 5.61. The number of nitrogens with two attached hydrogens (primary N) is 1. The molecule has 1 aliphatic heterocycles. The highest BCUT2D eigenvalue weighted by Gasteiger charge is 2.20. The number of piperidine rings is 1. The van der Waals surface area contributed by atoms with Crippen LogP contribution in [0.25, 0.3) is 0 Å². The highest BCUT2D eigenvalue weighted by Crippen LogP contribution is 2.27. The Labute approximate surface area is 111 Å². The van der Waals surface area contributed by atoms with Crippen molar-refractivity contribution in [2.24, 2.45) is 0 Å². The molecule has 0 saturated carbocycles. The van der Waals surface area contributed by atoms with Gasteiger partial charge < -0.3 is 15.5 Å². The lowest BCUT2D eigenvalue weighted by Gasteiger charge is -2.33. The molecule has 2 N–H and O–H groups in total. The van der Waals surface area contributed by atoms with E-state index in [4.69, 9.17) is 5.73 Å². The Kier molecular flexibility index (Phi) is 4.61. The van der Waals surface area contributed by atoms with Crippen LogP contribution in [0.5, 0.6) is 0 Å². The number of likely N-dealkylation sites (tertiary alicyclic amines) is 1. The zero-order valence-corrected chi connectivity index (χ0v) is 11.6. The predicted molar refractivity (Wildman–Crippen MR) is 77.8 cm³/mol. The van der Waals surface area contributed by atoms with Crippen molar-refractivity contribution in [3.8, 4) is 0 Å². The molecular formula is C15H25N3. The number of nitrogen functional groups attached to an aromatic ring is 1. The van der Waals surface area contributed by atoms with E-state index < -0.39 is 0 Å². The third kappa shape index (κ3) is 3.72. The molecule has 0 bridgehead atoms. The first-order valence-electron chi connectivity index (χ1n) is 6.87. The molecule has 3 nitrogen and oxygen atoms in total. The second kappa shape index (κ2) is 6.21. The van der Waals surface area contributed by atoms with Crippen molar-refractivity contribution in [3.05, 3.63) is 29.8 Å². The summed E-state index contributed by atoms with van der Waals surface area (Å²) < 4.78 is 0. The van der Waals surface area contributed by atoms with Crippen LogP contribution in [0.1, 0.15) is 24.3 Å². The number of likely N-dealkylation sites (N-methyl/N-ethyl adjacent to an activating group) is 1. The molecule has 0 aromatic heterocycles. The lowest BCUT2D eigenvalue weighted by atomic mass is 9.90. The van der Waals surface area contributed by atoms with E-state index in [9.17, 15) is 0 Å². The summed E-state index contributed by atoms with van der Waals surface area (Å²) in [7, 11) is 4.28. The minimum Gasteiger partial charge on any atom is -0.399 e. The van der Waals surface area contributed by atoms with Gasteiger partial charge in [-0.2, -0.15) is 0 Å². The summed E-state index contributed by atoms with van der Waals surface area (Å²) in [5.41, 5.74) is 8.05. The SMILES string of the molecule is CN(C)CCN1CCCC(c2ccc(N)cc2)C1. The topological polar surface area (TPSA) is 32.5 Å². The number of anilines is 1. The lowest BCUT2D eigenvalue weighted by molar-refractivity contribution is 0.190. The number of hydrogen-bond donors (Lipinski definition) is 1. The molecule has 3 heteroatoms. The van der Waals surface area contributed by atoms with Crippen molar-refractivity contribution in [1.82, 2.24) is 9.80 Å². The van der Waals surface area contributed by atoms with Crippen LogP contribution in [0.3, 0.4) is 0 Å². The van der Waals surface area contributed by atoms with E-state index in [1.54, 1.807) is 0 Å². The zero-order valence-electron chi connectivity index (χ0n) is 11.6. The molecule has 0 amide bonds. The van der Waals surface area contributed by atoms with E-state index in [1.165, 1.54) is 38.0 Å². The van der Waals surface area contributed by atoms with Crippen molar-refractivity contribution in [2.45, 2.75) is 18.8 Å². The van der Waals surface area contributed by atoms with Gasteiger partial charge >= 0.3 is 0 Å². The average Bonchev–Trinajstić information content (AvgIpc) is 2.37. The molecule has 1 saturated heterocycles. The van der Waals surface area contributed by atoms with Gasteiger partial charge in [-0.05, 0) is 57.1 Å². The zero-order chi connectivity index (χ0) is 13.0. The van der Waals surface area contributed by atoms with Crippen LogP contribution >= 0.6 is 0 Å². The minimum absolute atomic E-state index is 0.682. The smallest absolute Gasteiger partial charge is 0.0314 e. The van der Waals surface area contributed by atoms with Crippen LogP contribution in [-0.2, 0) is 0 Å². The monoisotopic (exact) mass is 247 g/mol. The van der Waals surface area contributed by atoms with Crippen LogP contribution in [0, 0.1) is 0 Å². The normalized spacial score (nSPS) is 21.4. The van der Waals surface area contributed by atoms with Gasteiger partial charge in [0.05, 0.1) is 0 Å². The van der Waals surface area contributed by atoms with Gasteiger partial charge in [0.1, 0.15) is 0 Å². The maximum atomic E-state index is 5.75. The Balaban J connectivity index is 1.91. The molecule has 1 atom stereocenters. The first-order valence-corrected chi connectivity index (χ1v) is 6.87. The molecule has 0 radical (unpaired) electrons. The molecule has 100 valence electrons. The minimum atomic E-state index is 0.682. The Hall–Kier alpha value is -1.06. The fourth-order valence-corrected chi connectivity index (χ4v) is 2.64. The molecule has 1 aliphatic rings. The van der Waals surface area contributed by atoms with E-state index >= 15 is 0 Å². The number of benzene rings is 1. The van der Waals surface area contributed by atoms with Crippen molar-refractivity contribution >= 4 is 5.69 Å². The molecule has 0 spiro atoms. The quantitative estimate of drug-likeness (QED) is 0.826. The standard InChI is InChI=1S/C15H25N3/c1-17(2)10-11-18-9-3-4-14(12-18)13-5-7-15(16)8-6-13/h5-8,14H,3-4,9-12,16H2,1-2H3. The summed E-state index contributed by atoms with van der Waals surface area (Å²) in [6.07, 6.45) is 2.62. The fraction of sp³-hybridized carbons (Fsp3) is 0.600. The van der Waals surface area contributed by atoms with Gasteiger partial charge in [-0.25, -0.2) is 0 Å². The number of hydrogen-bond acceptors (Lipinski definition) is 3. The van der Waals surface area contributed by atoms with Gasteiger partial charge in [-0.3, -0.25) is 0 Å². The van der Waals surface area contributed by atoms with Crippen molar-refractivity contribution in [1.29, 1.82) is 0 Å². The van der Waals surface area contributed by atoms with E-state index in [-0.39, 0.29) is 0 Å². The van der Waals surface area contributed by atoms with E-state index in [0.717, 1.165) is 12.2 Å². The van der Waals surface area contributed by atoms with Gasteiger partial charge in [-0.1, -0.05) is 12.1 Å². The van der Waals surface area contributed by atoms with Crippen LogP contribution < -0.4 is 5.73 Å². The van der Waals surface area contributed by atoms with Crippen molar-refractivity contribution in [3.63, 3.8) is 0 Å². The summed E-state index contributed by atoms with van der Waals surface area (Å²) in [5, 5.41) is 0. The van der Waals surface area contributed by atoms with E-state index in [1.807, 2.05) is 12.1 Å². The number of rotatable bonds is 4. The van der Waals surface area contributed by atoms with Gasteiger partial charge in [0.2, 0.25) is 0 Å². The summed E-state index contributed by atoms with van der Waals surface area (Å²) in [5.74, 6) is 0.682. The first-order chi connectivity index (χ1) is 8.65. The fourth-order valence-electron chi connectivity index (χ4n) is 2.64. The summed E-state index contributed by atoms with van der Waals surface area (Å²) in [4.78, 5) is 4.84. The molecule has 0 aliphatic carbocycles. The largest absolute Gasteiger partial charge is 0.399 e. The van der Waals surface area contributed by atoms with Crippen molar-refractivity contribution in [2.75, 3.05) is 46.0 Å². The van der Waals surface area contributed by atoms with Gasteiger partial charge in [0.25, 0.3) is 0 Å². The van der Waals surface area contributed by atoms with Crippen LogP contribution in [0.15, 0.2) is 24.3 Å². The highest BCUT2D eigenvalue weighted by atomic mass is 15.2. The predicted octanol–water partition coefficient (Wildman–Crippen LogP) is 2.01. The molecular weight excluding hydrogens is 222 g/mol. The molecule has 1 aromatic carbocycles.